The van der Waals surface area contributed by atoms with Crippen LogP contribution < -0.4 is 4.74 Å². The Labute approximate surface area is 107 Å². The van der Waals surface area contributed by atoms with Gasteiger partial charge in [-0.15, -0.1) is 0 Å². The first-order chi connectivity index (χ1) is 8.77. The van der Waals surface area contributed by atoms with Crippen LogP contribution in [0.5, 0.6) is 5.75 Å². The molecule has 4 heteroatoms. The van der Waals surface area contributed by atoms with Crippen LogP contribution in [0.3, 0.4) is 0 Å². The van der Waals surface area contributed by atoms with E-state index >= 15 is 0 Å². The quantitative estimate of drug-likeness (QED) is 0.817. The maximum absolute atomic E-state index is 10.4. The largest absolute Gasteiger partial charge is 0.474 e. The lowest BCUT2D eigenvalue weighted by atomic mass is 9.91. The van der Waals surface area contributed by atoms with Gasteiger partial charge in [-0.25, -0.2) is 0 Å². The number of nitrogens with zero attached hydrogens (tertiary/aromatic N) is 1. The highest BCUT2D eigenvalue weighted by Crippen LogP contribution is 2.39. The Morgan fingerprint density at radius 1 is 1.22 bits per heavy atom. The Hall–Kier alpha value is -1.10. The molecule has 3 rings (SSSR count). The Bertz CT molecular complexity index is 417. The topological polar surface area (TPSA) is 41.9 Å². The van der Waals surface area contributed by atoms with Gasteiger partial charge in [0.15, 0.2) is 6.23 Å². The summed E-state index contributed by atoms with van der Waals surface area (Å²) in [5.74, 6) is 0.873. The van der Waals surface area contributed by atoms with E-state index in [1.165, 1.54) is 0 Å². The summed E-state index contributed by atoms with van der Waals surface area (Å²) in [5.41, 5.74) is 0.898. The molecule has 0 amide bonds. The third-order valence-corrected chi connectivity index (χ3v) is 3.84. The molecule has 1 aromatic carbocycles. The summed E-state index contributed by atoms with van der Waals surface area (Å²) in [5, 5.41) is 10.4. The van der Waals surface area contributed by atoms with Crippen molar-refractivity contribution in [1.29, 1.82) is 0 Å². The molecule has 2 heterocycles. The maximum Gasteiger partial charge on any atom is 0.158 e. The second-order valence-corrected chi connectivity index (χ2v) is 5.00. The second kappa shape index (κ2) is 4.88. The molecule has 0 bridgehead atoms. The molecule has 2 aliphatic heterocycles. The number of benzene rings is 1. The summed E-state index contributed by atoms with van der Waals surface area (Å²) >= 11 is 0. The van der Waals surface area contributed by atoms with Gasteiger partial charge in [0.05, 0.1) is 19.3 Å². The molecule has 0 aliphatic carbocycles. The summed E-state index contributed by atoms with van der Waals surface area (Å²) in [6.45, 7) is 5.25. The minimum atomic E-state index is -0.456. The van der Waals surface area contributed by atoms with Crippen LogP contribution in [0.25, 0.3) is 0 Å². The van der Waals surface area contributed by atoms with E-state index < -0.39 is 6.10 Å². The van der Waals surface area contributed by atoms with Gasteiger partial charge in [0.2, 0.25) is 0 Å². The minimum absolute atomic E-state index is 0.0567. The Balaban J connectivity index is 1.85. The molecule has 3 atom stereocenters. The van der Waals surface area contributed by atoms with E-state index in [0.717, 1.165) is 37.6 Å². The molecule has 0 saturated carbocycles. The molecule has 0 unspecified atom stereocenters. The molecule has 0 radical (unpaired) electrons. The van der Waals surface area contributed by atoms with Gasteiger partial charge in [-0.2, -0.15) is 0 Å². The summed E-state index contributed by atoms with van der Waals surface area (Å²) in [7, 11) is 0. The Kier molecular flexibility index (Phi) is 3.24. The predicted molar refractivity (Wildman–Crippen MR) is 67.4 cm³/mol. The number of rotatable bonds is 1. The van der Waals surface area contributed by atoms with Crippen molar-refractivity contribution in [3.05, 3.63) is 29.8 Å². The van der Waals surface area contributed by atoms with Gasteiger partial charge >= 0.3 is 0 Å². The average Bonchev–Trinajstić information content (AvgIpc) is 2.44. The lowest BCUT2D eigenvalue weighted by molar-refractivity contribution is -0.106. The summed E-state index contributed by atoms with van der Waals surface area (Å²) < 4.78 is 11.4. The lowest BCUT2D eigenvalue weighted by Gasteiger charge is -2.42. The number of hydrogen-bond acceptors (Lipinski definition) is 4. The fraction of sp³-hybridized carbons (Fsp3) is 0.571. The van der Waals surface area contributed by atoms with Gasteiger partial charge in [-0.3, -0.25) is 4.90 Å². The third-order valence-electron chi connectivity index (χ3n) is 3.84. The summed E-state index contributed by atoms with van der Waals surface area (Å²) in [6.07, 6.45) is -0.512. The zero-order chi connectivity index (χ0) is 12.5. The fourth-order valence-electron chi connectivity index (χ4n) is 2.75. The second-order valence-electron chi connectivity index (χ2n) is 5.00. The van der Waals surface area contributed by atoms with E-state index in [1.807, 2.05) is 31.2 Å². The third kappa shape index (κ3) is 2.00. The molecule has 18 heavy (non-hydrogen) atoms. The van der Waals surface area contributed by atoms with E-state index in [1.54, 1.807) is 0 Å². The normalized spacial score (nSPS) is 32.7. The van der Waals surface area contributed by atoms with Gasteiger partial charge in [0.25, 0.3) is 0 Å². The number of para-hydroxylation sites is 1. The molecule has 1 aromatic rings. The van der Waals surface area contributed by atoms with E-state index in [-0.39, 0.29) is 12.1 Å². The maximum atomic E-state index is 10.4. The van der Waals surface area contributed by atoms with Crippen LogP contribution in [0.15, 0.2) is 24.3 Å². The number of morpholine rings is 1. The Morgan fingerprint density at radius 2 is 1.94 bits per heavy atom. The van der Waals surface area contributed by atoms with Crippen molar-refractivity contribution in [1.82, 2.24) is 4.90 Å². The fourth-order valence-corrected chi connectivity index (χ4v) is 2.75. The highest BCUT2D eigenvalue weighted by Gasteiger charge is 2.37. The Morgan fingerprint density at radius 3 is 2.72 bits per heavy atom. The van der Waals surface area contributed by atoms with Gasteiger partial charge in [0.1, 0.15) is 5.75 Å². The molecule has 0 spiro atoms. The van der Waals surface area contributed by atoms with Crippen molar-refractivity contribution in [2.45, 2.75) is 19.3 Å². The number of hydrogen-bond donors (Lipinski definition) is 1. The number of fused-ring (bicyclic) bond motifs is 1. The highest BCUT2D eigenvalue weighted by atomic mass is 16.5. The monoisotopic (exact) mass is 249 g/mol. The van der Waals surface area contributed by atoms with Gasteiger partial charge in [0, 0.05) is 24.6 Å². The molecule has 2 aliphatic rings. The van der Waals surface area contributed by atoms with Crippen LogP contribution in [0.1, 0.15) is 18.6 Å². The first-order valence-electron chi connectivity index (χ1n) is 6.53. The molecule has 0 aromatic heterocycles. The van der Waals surface area contributed by atoms with Crippen LogP contribution >= 0.6 is 0 Å². The van der Waals surface area contributed by atoms with Crippen molar-refractivity contribution in [3.8, 4) is 5.75 Å². The number of aliphatic hydroxyl groups is 1. The standard InChI is InChI=1S/C14H19NO3/c1-10-13(16)11-4-2-3-5-12(11)18-14(10)15-6-8-17-9-7-15/h2-5,10,13-14,16H,6-9H2,1H3/t10-,13+,14-/m0/s1. The minimum Gasteiger partial charge on any atom is -0.474 e. The van der Waals surface area contributed by atoms with Crippen LogP contribution in [0, 0.1) is 5.92 Å². The van der Waals surface area contributed by atoms with Gasteiger partial charge in [-0.1, -0.05) is 25.1 Å². The number of ether oxygens (including phenoxy) is 2. The van der Waals surface area contributed by atoms with Crippen molar-refractivity contribution < 1.29 is 14.6 Å². The van der Waals surface area contributed by atoms with Crippen molar-refractivity contribution in [3.63, 3.8) is 0 Å². The average molecular weight is 249 g/mol. The van der Waals surface area contributed by atoms with Crippen molar-refractivity contribution in [2.75, 3.05) is 26.3 Å². The molecular formula is C14H19NO3. The first kappa shape index (κ1) is 12.0. The van der Waals surface area contributed by atoms with E-state index in [2.05, 4.69) is 4.90 Å². The molecule has 1 saturated heterocycles. The zero-order valence-corrected chi connectivity index (χ0v) is 10.6. The SMILES string of the molecule is C[C@H]1[C@@H](O)c2ccccc2O[C@@H]1N1CCOCC1. The number of aliphatic hydroxyl groups excluding tert-OH is 1. The van der Waals surface area contributed by atoms with Gasteiger partial charge in [-0.05, 0) is 6.07 Å². The van der Waals surface area contributed by atoms with Crippen molar-refractivity contribution in [2.24, 2.45) is 5.92 Å². The highest BCUT2D eigenvalue weighted by molar-refractivity contribution is 5.37. The molecule has 98 valence electrons. The first-order valence-corrected chi connectivity index (χ1v) is 6.53. The van der Waals surface area contributed by atoms with Crippen LogP contribution in [0.4, 0.5) is 0 Å². The van der Waals surface area contributed by atoms with E-state index in [9.17, 15) is 5.11 Å². The molecular weight excluding hydrogens is 230 g/mol. The molecule has 4 nitrogen and oxygen atoms in total. The molecule has 1 fully saturated rings. The van der Waals surface area contributed by atoms with Crippen LogP contribution in [-0.2, 0) is 4.74 Å². The lowest BCUT2D eigenvalue weighted by Crippen LogP contribution is -2.52. The predicted octanol–water partition coefficient (Wildman–Crippen LogP) is 1.41. The van der Waals surface area contributed by atoms with E-state index in [0.29, 0.717) is 0 Å². The zero-order valence-electron chi connectivity index (χ0n) is 10.6. The smallest absolute Gasteiger partial charge is 0.158 e. The van der Waals surface area contributed by atoms with Crippen molar-refractivity contribution >= 4 is 0 Å². The summed E-state index contributed by atoms with van der Waals surface area (Å²) in [4.78, 5) is 2.26. The molecule has 1 N–H and O–H groups in total. The van der Waals surface area contributed by atoms with Crippen LogP contribution in [-0.4, -0.2) is 42.5 Å². The van der Waals surface area contributed by atoms with Gasteiger partial charge < -0.3 is 14.6 Å². The van der Waals surface area contributed by atoms with Crippen LogP contribution in [0.2, 0.25) is 0 Å². The summed E-state index contributed by atoms with van der Waals surface area (Å²) in [6, 6.07) is 7.75. The van der Waals surface area contributed by atoms with E-state index in [4.69, 9.17) is 9.47 Å².